The zero-order valence-corrected chi connectivity index (χ0v) is 18.6. The minimum absolute atomic E-state index is 0.106. The number of benzene rings is 3. The van der Waals surface area contributed by atoms with Gasteiger partial charge in [-0.1, -0.05) is 54.2 Å². The molecule has 0 fully saturated rings. The van der Waals surface area contributed by atoms with Gasteiger partial charge in [-0.3, -0.25) is 4.79 Å². The Morgan fingerprint density at radius 1 is 0.906 bits per heavy atom. The smallest absolute Gasteiger partial charge is 0.234 e. The Kier molecular flexibility index (Phi) is 6.77. The maximum absolute atomic E-state index is 12.5. The Labute approximate surface area is 191 Å². The highest BCUT2D eigenvalue weighted by Crippen LogP contribution is 2.33. The van der Waals surface area contributed by atoms with E-state index < -0.39 is 0 Å². The second-order valence-corrected chi connectivity index (χ2v) is 7.89. The lowest BCUT2D eigenvalue weighted by Crippen LogP contribution is -2.14. The van der Waals surface area contributed by atoms with E-state index in [1.165, 1.54) is 11.8 Å². The van der Waals surface area contributed by atoms with Gasteiger partial charge in [0.2, 0.25) is 5.91 Å². The molecule has 1 amide bonds. The van der Waals surface area contributed by atoms with Crippen molar-refractivity contribution >= 4 is 23.4 Å². The van der Waals surface area contributed by atoms with Gasteiger partial charge >= 0.3 is 0 Å². The number of carbonyl (C=O) groups excluding carboxylic acids is 1. The molecule has 0 saturated carbocycles. The molecule has 7 heteroatoms. The number of imidazole rings is 1. The Morgan fingerprint density at radius 2 is 1.62 bits per heavy atom. The third kappa shape index (κ3) is 5.12. The summed E-state index contributed by atoms with van der Waals surface area (Å²) >= 11 is 1.39. The first-order chi connectivity index (χ1) is 15.7. The molecule has 1 heterocycles. The number of ether oxygens (including phenoxy) is 2. The molecule has 4 aromatic rings. The van der Waals surface area contributed by atoms with Gasteiger partial charge in [0.15, 0.2) is 0 Å². The van der Waals surface area contributed by atoms with Crippen LogP contribution in [0.25, 0.3) is 22.6 Å². The molecular formula is C25H23N3O3S. The van der Waals surface area contributed by atoms with Crippen LogP contribution in [0.1, 0.15) is 0 Å². The van der Waals surface area contributed by atoms with E-state index in [0.717, 1.165) is 44.9 Å². The summed E-state index contributed by atoms with van der Waals surface area (Å²) in [5, 5.41) is 3.67. The molecule has 0 saturated heterocycles. The van der Waals surface area contributed by atoms with Crippen molar-refractivity contribution in [1.82, 2.24) is 9.97 Å². The second-order valence-electron chi connectivity index (χ2n) is 6.93. The van der Waals surface area contributed by atoms with Crippen LogP contribution in [0.4, 0.5) is 5.69 Å². The van der Waals surface area contributed by atoms with Crippen molar-refractivity contribution in [2.75, 3.05) is 25.3 Å². The summed E-state index contributed by atoms with van der Waals surface area (Å²) in [4.78, 5) is 20.7. The topological polar surface area (TPSA) is 76.2 Å². The van der Waals surface area contributed by atoms with Crippen molar-refractivity contribution in [3.8, 4) is 34.1 Å². The Bertz CT molecular complexity index is 1190. The molecule has 0 radical (unpaired) electrons. The zero-order chi connectivity index (χ0) is 22.3. The molecule has 0 spiro atoms. The van der Waals surface area contributed by atoms with Gasteiger partial charge in [0, 0.05) is 16.8 Å². The first-order valence-corrected chi connectivity index (χ1v) is 11.0. The maximum atomic E-state index is 12.5. The van der Waals surface area contributed by atoms with Crippen molar-refractivity contribution < 1.29 is 14.3 Å². The van der Waals surface area contributed by atoms with E-state index >= 15 is 0 Å². The molecule has 0 atom stereocenters. The number of aromatic nitrogens is 2. The summed E-state index contributed by atoms with van der Waals surface area (Å²) in [6, 6.07) is 24.9. The van der Waals surface area contributed by atoms with Crippen LogP contribution in [0.15, 0.2) is 83.9 Å². The Morgan fingerprint density at radius 3 is 2.34 bits per heavy atom. The molecule has 4 rings (SSSR count). The van der Waals surface area contributed by atoms with Gasteiger partial charge in [-0.05, 0) is 36.4 Å². The van der Waals surface area contributed by atoms with Gasteiger partial charge in [-0.2, -0.15) is 0 Å². The van der Waals surface area contributed by atoms with Gasteiger partial charge in [-0.15, -0.1) is 0 Å². The third-order valence-electron chi connectivity index (χ3n) is 4.79. The molecule has 3 aromatic carbocycles. The molecule has 0 aliphatic carbocycles. The standard InChI is InChI=1S/C25H23N3O3S/c1-30-20-13-11-19(12-14-20)26-22(29)16-32-25-23(17-7-4-3-5-8-17)27-24(28-25)18-9-6-10-21(15-18)31-2/h3-15H,16H2,1-2H3,(H,26,29)(H,27,28). The molecule has 0 aliphatic rings. The van der Waals surface area contributed by atoms with E-state index in [1.54, 1.807) is 14.2 Å². The average molecular weight is 446 g/mol. The van der Waals surface area contributed by atoms with Crippen molar-refractivity contribution in [2.45, 2.75) is 5.03 Å². The number of H-pyrrole nitrogens is 1. The number of methoxy groups -OCH3 is 2. The first kappa shape index (κ1) is 21.5. The molecule has 6 nitrogen and oxygen atoms in total. The predicted molar refractivity (Wildman–Crippen MR) is 128 cm³/mol. The number of hydrogen-bond donors (Lipinski definition) is 2. The van der Waals surface area contributed by atoms with Gasteiger partial charge in [0.25, 0.3) is 0 Å². The SMILES string of the molecule is COc1ccc(NC(=O)CSc2nc(-c3cccc(OC)c3)[nH]c2-c2ccccc2)cc1. The van der Waals surface area contributed by atoms with E-state index in [9.17, 15) is 4.79 Å². The van der Waals surface area contributed by atoms with E-state index in [0.29, 0.717) is 0 Å². The highest BCUT2D eigenvalue weighted by atomic mass is 32.2. The number of amides is 1. The van der Waals surface area contributed by atoms with Crippen LogP contribution in [-0.2, 0) is 4.79 Å². The molecule has 0 unspecified atom stereocenters. The second kappa shape index (κ2) is 10.1. The number of nitrogens with one attached hydrogen (secondary N) is 2. The van der Waals surface area contributed by atoms with Crippen molar-refractivity contribution in [3.63, 3.8) is 0 Å². The quantitative estimate of drug-likeness (QED) is 0.351. The summed E-state index contributed by atoms with van der Waals surface area (Å²) in [6.45, 7) is 0. The lowest BCUT2D eigenvalue weighted by atomic mass is 10.2. The number of carbonyl (C=O) groups is 1. The fourth-order valence-electron chi connectivity index (χ4n) is 3.17. The Balaban J connectivity index is 1.54. The minimum atomic E-state index is -0.106. The van der Waals surface area contributed by atoms with Crippen LogP contribution >= 0.6 is 11.8 Å². The van der Waals surface area contributed by atoms with Gasteiger partial charge in [0.1, 0.15) is 22.3 Å². The Hall–Kier alpha value is -3.71. The predicted octanol–water partition coefficient (Wildman–Crippen LogP) is 5.49. The number of aromatic amines is 1. The molecule has 0 bridgehead atoms. The number of rotatable bonds is 8. The maximum Gasteiger partial charge on any atom is 0.234 e. The summed E-state index contributed by atoms with van der Waals surface area (Å²) in [5.74, 6) is 2.35. The highest BCUT2D eigenvalue weighted by molar-refractivity contribution is 8.00. The average Bonchev–Trinajstić information content (AvgIpc) is 3.28. The van der Waals surface area contributed by atoms with Crippen LogP contribution in [0.3, 0.4) is 0 Å². The lowest BCUT2D eigenvalue weighted by Gasteiger charge is -2.06. The molecule has 32 heavy (non-hydrogen) atoms. The summed E-state index contributed by atoms with van der Waals surface area (Å²) < 4.78 is 10.5. The number of nitrogens with zero attached hydrogens (tertiary/aromatic N) is 1. The molecular weight excluding hydrogens is 422 g/mol. The number of thioether (sulfide) groups is 1. The number of anilines is 1. The highest BCUT2D eigenvalue weighted by Gasteiger charge is 2.16. The van der Waals surface area contributed by atoms with E-state index in [4.69, 9.17) is 14.5 Å². The van der Waals surface area contributed by atoms with Crippen LogP contribution in [0, 0.1) is 0 Å². The van der Waals surface area contributed by atoms with Crippen LogP contribution in [0.5, 0.6) is 11.5 Å². The molecule has 162 valence electrons. The van der Waals surface area contributed by atoms with Crippen LogP contribution < -0.4 is 14.8 Å². The van der Waals surface area contributed by atoms with Crippen molar-refractivity contribution in [1.29, 1.82) is 0 Å². The van der Waals surface area contributed by atoms with E-state index in [2.05, 4.69) is 10.3 Å². The van der Waals surface area contributed by atoms with Crippen LogP contribution in [0.2, 0.25) is 0 Å². The molecule has 1 aromatic heterocycles. The van der Waals surface area contributed by atoms with Gasteiger partial charge < -0.3 is 19.8 Å². The fourth-order valence-corrected chi connectivity index (χ4v) is 3.98. The summed E-state index contributed by atoms with van der Waals surface area (Å²) in [5.41, 5.74) is 3.52. The monoisotopic (exact) mass is 445 g/mol. The zero-order valence-electron chi connectivity index (χ0n) is 17.8. The third-order valence-corrected chi connectivity index (χ3v) is 5.77. The normalized spacial score (nSPS) is 10.6. The fraction of sp³-hybridized carbons (Fsp3) is 0.120. The first-order valence-electron chi connectivity index (χ1n) is 10.0. The number of hydrogen-bond acceptors (Lipinski definition) is 5. The van der Waals surface area contributed by atoms with E-state index in [1.807, 2.05) is 78.9 Å². The molecule has 2 N–H and O–H groups in total. The lowest BCUT2D eigenvalue weighted by molar-refractivity contribution is -0.113. The van der Waals surface area contributed by atoms with Crippen molar-refractivity contribution in [3.05, 3.63) is 78.9 Å². The largest absolute Gasteiger partial charge is 0.497 e. The molecule has 0 aliphatic heterocycles. The van der Waals surface area contributed by atoms with Gasteiger partial charge in [-0.25, -0.2) is 4.98 Å². The minimum Gasteiger partial charge on any atom is -0.497 e. The summed E-state index contributed by atoms with van der Waals surface area (Å²) in [7, 11) is 3.25. The van der Waals surface area contributed by atoms with E-state index in [-0.39, 0.29) is 11.7 Å². The van der Waals surface area contributed by atoms with Crippen molar-refractivity contribution in [2.24, 2.45) is 0 Å². The summed E-state index contributed by atoms with van der Waals surface area (Å²) in [6.07, 6.45) is 0. The van der Waals surface area contributed by atoms with Gasteiger partial charge in [0.05, 0.1) is 25.7 Å². The van der Waals surface area contributed by atoms with Crippen LogP contribution in [-0.4, -0.2) is 35.8 Å².